The number of likely N-dealkylation sites (N-methyl/N-ethyl adjacent to an activating group) is 1. The van der Waals surface area contributed by atoms with Crippen LogP contribution in [-0.4, -0.2) is 44.3 Å². The molecule has 17 heavy (non-hydrogen) atoms. The van der Waals surface area contributed by atoms with Crippen LogP contribution in [0.1, 0.15) is 18.6 Å². The zero-order valence-corrected chi connectivity index (χ0v) is 10.5. The average Bonchev–Trinajstić information content (AvgIpc) is 2.83. The van der Waals surface area contributed by atoms with E-state index in [-0.39, 0.29) is 0 Å². The number of hydrogen-bond acceptors (Lipinski definition) is 4. The third kappa shape index (κ3) is 4.50. The predicted molar refractivity (Wildman–Crippen MR) is 66.9 cm³/mol. The molecule has 0 atom stereocenters. The number of piperidine rings is 1. The van der Waals surface area contributed by atoms with Gasteiger partial charge in [-0.15, -0.1) is 0 Å². The van der Waals surface area contributed by atoms with Gasteiger partial charge in [0, 0.05) is 6.54 Å². The van der Waals surface area contributed by atoms with E-state index in [1.165, 1.54) is 0 Å². The van der Waals surface area contributed by atoms with Gasteiger partial charge in [0.2, 0.25) is 0 Å². The van der Waals surface area contributed by atoms with Crippen molar-refractivity contribution in [2.24, 2.45) is 0 Å². The Labute approximate surface area is 103 Å². The molecule has 0 aromatic carbocycles. The maximum atomic E-state index is 5.86. The SMILES string of the molecule is CN(CCOC1CCNCC1)Cc1ccco1. The molecular weight excluding hydrogens is 216 g/mol. The molecule has 0 radical (unpaired) electrons. The molecule has 1 fully saturated rings. The van der Waals surface area contributed by atoms with E-state index in [1.807, 2.05) is 12.1 Å². The molecule has 0 bridgehead atoms. The fourth-order valence-electron chi connectivity index (χ4n) is 2.08. The summed E-state index contributed by atoms with van der Waals surface area (Å²) < 4.78 is 11.2. The van der Waals surface area contributed by atoms with Crippen molar-refractivity contribution < 1.29 is 9.15 Å². The lowest BCUT2D eigenvalue weighted by molar-refractivity contribution is 0.0218. The van der Waals surface area contributed by atoms with Crippen molar-refractivity contribution in [1.29, 1.82) is 0 Å². The van der Waals surface area contributed by atoms with Crippen molar-refractivity contribution in [3.8, 4) is 0 Å². The van der Waals surface area contributed by atoms with Gasteiger partial charge in [-0.25, -0.2) is 0 Å². The van der Waals surface area contributed by atoms with Gasteiger partial charge in [-0.2, -0.15) is 0 Å². The Hall–Kier alpha value is -0.840. The first-order chi connectivity index (χ1) is 8.34. The summed E-state index contributed by atoms with van der Waals surface area (Å²) in [4.78, 5) is 2.22. The largest absolute Gasteiger partial charge is 0.468 e. The average molecular weight is 238 g/mol. The second kappa shape index (κ2) is 6.79. The smallest absolute Gasteiger partial charge is 0.117 e. The predicted octanol–water partition coefficient (Wildman–Crippen LogP) is 1.48. The number of nitrogens with zero attached hydrogens (tertiary/aromatic N) is 1. The molecule has 1 aliphatic rings. The van der Waals surface area contributed by atoms with Gasteiger partial charge in [0.15, 0.2) is 0 Å². The van der Waals surface area contributed by atoms with Gasteiger partial charge in [-0.05, 0) is 45.1 Å². The molecule has 2 rings (SSSR count). The molecule has 0 spiro atoms. The Kier molecular flexibility index (Phi) is 5.04. The van der Waals surface area contributed by atoms with Gasteiger partial charge in [0.1, 0.15) is 5.76 Å². The van der Waals surface area contributed by atoms with E-state index in [0.717, 1.165) is 51.4 Å². The highest BCUT2D eigenvalue weighted by atomic mass is 16.5. The van der Waals surface area contributed by atoms with Crippen LogP contribution in [-0.2, 0) is 11.3 Å². The highest BCUT2D eigenvalue weighted by molar-refractivity contribution is 4.97. The summed E-state index contributed by atoms with van der Waals surface area (Å²) in [6.07, 6.45) is 4.45. The van der Waals surface area contributed by atoms with Crippen LogP contribution in [0.15, 0.2) is 22.8 Å². The quantitative estimate of drug-likeness (QED) is 0.814. The Balaban J connectivity index is 1.58. The summed E-state index contributed by atoms with van der Waals surface area (Å²) in [5.74, 6) is 1.01. The maximum absolute atomic E-state index is 5.86. The van der Waals surface area contributed by atoms with Crippen molar-refractivity contribution in [2.75, 3.05) is 33.3 Å². The Morgan fingerprint density at radius 3 is 3.00 bits per heavy atom. The van der Waals surface area contributed by atoms with E-state index < -0.39 is 0 Å². The number of nitrogens with one attached hydrogen (secondary N) is 1. The van der Waals surface area contributed by atoms with E-state index in [4.69, 9.17) is 9.15 Å². The molecule has 1 N–H and O–H groups in total. The zero-order chi connectivity index (χ0) is 11.9. The topological polar surface area (TPSA) is 37.6 Å². The molecule has 4 heteroatoms. The molecule has 2 heterocycles. The molecule has 0 saturated carbocycles. The van der Waals surface area contributed by atoms with Crippen LogP contribution in [0.25, 0.3) is 0 Å². The van der Waals surface area contributed by atoms with E-state index in [2.05, 4.69) is 17.3 Å². The minimum absolute atomic E-state index is 0.452. The molecule has 96 valence electrons. The van der Waals surface area contributed by atoms with Crippen molar-refractivity contribution in [3.63, 3.8) is 0 Å². The lowest BCUT2D eigenvalue weighted by atomic mass is 10.1. The van der Waals surface area contributed by atoms with Crippen molar-refractivity contribution in [3.05, 3.63) is 24.2 Å². The summed E-state index contributed by atoms with van der Waals surface area (Å²) in [6, 6.07) is 3.93. The lowest BCUT2D eigenvalue weighted by Crippen LogP contribution is -2.34. The molecule has 1 aromatic rings. The van der Waals surface area contributed by atoms with E-state index in [1.54, 1.807) is 6.26 Å². The third-order valence-electron chi connectivity index (χ3n) is 3.12. The Morgan fingerprint density at radius 2 is 2.29 bits per heavy atom. The first kappa shape index (κ1) is 12.6. The van der Waals surface area contributed by atoms with Crippen LogP contribution in [0.2, 0.25) is 0 Å². The molecule has 0 amide bonds. The zero-order valence-electron chi connectivity index (χ0n) is 10.5. The van der Waals surface area contributed by atoms with Gasteiger partial charge in [0.05, 0.1) is 25.5 Å². The number of ether oxygens (including phenoxy) is 1. The van der Waals surface area contributed by atoms with Crippen LogP contribution >= 0.6 is 0 Å². The van der Waals surface area contributed by atoms with Crippen LogP contribution in [0.5, 0.6) is 0 Å². The molecule has 0 aliphatic carbocycles. The molecule has 1 aromatic heterocycles. The van der Waals surface area contributed by atoms with Crippen LogP contribution in [0.4, 0.5) is 0 Å². The van der Waals surface area contributed by atoms with Crippen LogP contribution < -0.4 is 5.32 Å². The number of furan rings is 1. The number of rotatable bonds is 6. The molecule has 0 unspecified atom stereocenters. The van der Waals surface area contributed by atoms with Gasteiger partial charge in [-0.3, -0.25) is 4.90 Å². The summed E-state index contributed by atoms with van der Waals surface area (Å²) in [7, 11) is 2.09. The van der Waals surface area contributed by atoms with Gasteiger partial charge < -0.3 is 14.5 Å². The van der Waals surface area contributed by atoms with Crippen LogP contribution in [0.3, 0.4) is 0 Å². The van der Waals surface area contributed by atoms with Crippen molar-refractivity contribution in [2.45, 2.75) is 25.5 Å². The van der Waals surface area contributed by atoms with Crippen molar-refractivity contribution in [1.82, 2.24) is 10.2 Å². The van der Waals surface area contributed by atoms with Crippen LogP contribution in [0, 0.1) is 0 Å². The second-order valence-corrected chi connectivity index (χ2v) is 4.64. The fourth-order valence-corrected chi connectivity index (χ4v) is 2.08. The monoisotopic (exact) mass is 238 g/mol. The highest BCUT2D eigenvalue weighted by Gasteiger charge is 2.13. The van der Waals surface area contributed by atoms with Crippen molar-refractivity contribution >= 4 is 0 Å². The summed E-state index contributed by atoms with van der Waals surface area (Å²) >= 11 is 0. The first-order valence-electron chi connectivity index (χ1n) is 6.38. The van der Waals surface area contributed by atoms with Gasteiger partial charge >= 0.3 is 0 Å². The Bertz CT molecular complexity index is 294. The van der Waals surface area contributed by atoms with E-state index >= 15 is 0 Å². The fraction of sp³-hybridized carbons (Fsp3) is 0.692. The minimum Gasteiger partial charge on any atom is -0.468 e. The molecule has 4 nitrogen and oxygen atoms in total. The summed E-state index contributed by atoms with van der Waals surface area (Å²) in [5, 5.41) is 3.34. The molecule has 1 saturated heterocycles. The summed E-state index contributed by atoms with van der Waals surface area (Å²) in [6.45, 7) is 4.79. The standard InChI is InChI=1S/C13H22N2O2/c1-15(11-13-3-2-9-16-13)8-10-17-12-4-6-14-7-5-12/h2-3,9,12,14H,4-8,10-11H2,1H3. The highest BCUT2D eigenvalue weighted by Crippen LogP contribution is 2.07. The summed E-state index contributed by atoms with van der Waals surface area (Å²) in [5.41, 5.74) is 0. The van der Waals surface area contributed by atoms with E-state index in [0.29, 0.717) is 6.10 Å². The normalized spacial score (nSPS) is 17.8. The molecular formula is C13H22N2O2. The van der Waals surface area contributed by atoms with Gasteiger partial charge in [-0.1, -0.05) is 0 Å². The molecule has 1 aliphatic heterocycles. The Morgan fingerprint density at radius 1 is 1.47 bits per heavy atom. The number of hydrogen-bond donors (Lipinski definition) is 1. The first-order valence-corrected chi connectivity index (χ1v) is 6.38. The maximum Gasteiger partial charge on any atom is 0.117 e. The minimum atomic E-state index is 0.452. The lowest BCUT2D eigenvalue weighted by Gasteiger charge is -2.24. The van der Waals surface area contributed by atoms with E-state index in [9.17, 15) is 0 Å². The second-order valence-electron chi connectivity index (χ2n) is 4.64. The third-order valence-corrected chi connectivity index (χ3v) is 3.12. The van der Waals surface area contributed by atoms with Gasteiger partial charge in [0.25, 0.3) is 0 Å².